The number of anilines is 3. The van der Waals surface area contributed by atoms with Crippen LogP contribution in [0, 0.1) is 29.6 Å². The highest BCUT2D eigenvalue weighted by Crippen LogP contribution is 2.39. The van der Waals surface area contributed by atoms with Gasteiger partial charge in [0.05, 0.1) is 102 Å². The van der Waals surface area contributed by atoms with E-state index in [9.17, 15) is 44.1 Å². The number of nitrogens with one attached hydrogen (secondary N) is 3. The van der Waals surface area contributed by atoms with E-state index in [1.807, 2.05) is 92.0 Å². The Hall–Kier alpha value is -9.90. The molecule has 0 spiro atoms. The first-order valence-electron chi connectivity index (χ1n) is 45.8. The van der Waals surface area contributed by atoms with Crippen LogP contribution in [0.25, 0.3) is 44.5 Å². The highest BCUT2D eigenvalue weighted by Gasteiger charge is 2.53. The van der Waals surface area contributed by atoms with E-state index in [2.05, 4.69) is 53.3 Å². The lowest BCUT2D eigenvalue weighted by Gasteiger charge is -2.42. The number of ether oxygens (including phenoxy) is 9. The molecule has 36 nitrogen and oxygen atoms in total. The largest absolute Gasteiger partial charge is 0.459 e. The third-order valence-electron chi connectivity index (χ3n) is 25.5. The van der Waals surface area contributed by atoms with Gasteiger partial charge in [-0.05, 0) is 149 Å². The standard InChI is InChI=1S/C94H133N17O19/c1-59-17-10-9-11-18-60(2)78(121-7)51-71-25-22-64(6)94(120,130-71)87(117)90(118)110-30-14-12-21-74(110)91(119)128-79(52-75(112)61(3)46-63(5)85(115)86(116)84(114)62(4)45-59)72(95)48-65-23-26-77(80(49-65)122-8)127-57-66-19-16-20-67(47-66)69-53-99-93(100-54-69)108-34-32-107(33-35-108)55-70-56-109(106-104-70)36-38-124-40-42-126-44-43-125-41-39-123-37-28-81(113)98-29-13-15-31-111-89-82(88(96)101-58-102-89)83(105-111)68-24-27-76-73(50-68)103-92(97)129-76/h9-11,16-20,24,27,46-47,50,53-54,56,58-59,61-62,64-65,71-72,74,77-80,85-86,104,106,115-116,120H,12-15,21-23,25-26,28-45,48-49,51-52,55,57,95H2,1-8H3,(H2,97,103)(H,98,113)(H2,96,101,102)/b11-9+,17-10+,60-18+,63-46+/t59?,61?,62?,64-,65?,71+,72-,74?,77?,78?,79?,80-,85?,86+,94-/m1/s1. The van der Waals surface area contributed by atoms with Crippen molar-refractivity contribution >= 4 is 75.0 Å². The molecule has 1 aliphatic carbocycles. The van der Waals surface area contributed by atoms with E-state index in [1.165, 1.54) is 19.3 Å². The molecule has 3 saturated heterocycles. The summed E-state index contributed by atoms with van der Waals surface area (Å²) in [5.74, 6) is -8.08. The summed E-state index contributed by atoms with van der Waals surface area (Å²) in [5, 5.41) is 45.2. The number of hydrogen-bond donors (Lipinski definition) is 9. The van der Waals surface area contributed by atoms with Crippen molar-refractivity contribution in [2.75, 3.05) is 136 Å². The number of rotatable bonds is 33. The first-order chi connectivity index (χ1) is 62.7. The van der Waals surface area contributed by atoms with E-state index in [1.54, 1.807) is 45.7 Å². The van der Waals surface area contributed by atoms with Crippen LogP contribution in [0.3, 0.4) is 0 Å². The number of carbonyl (C=O) groups is 6. The van der Waals surface area contributed by atoms with Crippen LogP contribution >= 0.6 is 0 Å². The molecule has 15 atom stereocenters. The lowest BCUT2D eigenvalue weighted by atomic mass is 9.80. The zero-order valence-corrected chi connectivity index (χ0v) is 76.3. The first-order valence-corrected chi connectivity index (χ1v) is 45.8. The number of hydrazine groups is 2. The number of aryl methyl sites for hydroxylation is 1. The van der Waals surface area contributed by atoms with E-state index in [0.717, 1.165) is 84.0 Å². The van der Waals surface area contributed by atoms with Crippen LogP contribution in [0.1, 0.15) is 143 Å². The number of aliphatic hydroxyl groups excluding tert-OH is 2. The van der Waals surface area contributed by atoms with Gasteiger partial charge in [0.2, 0.25) is 17.6 Å². The maximum Gasteiger partial charge on any atom is 0.329 e. The van der Waals surface area contributed by atoms with Crippen molar-refractivity contribution in [3.63, 3.8) is 0 Å². The number of ketones is 3. The summed E-state index contributed by atoms with van der Waals surface area (Å²) in [6.07, 6.45) is 17.9. The number of unbranched alkanes of at least 4 members (excludes halogenated alkanes) is 1. The molecule has 9 heterocycles. The molecule has 12 N–H and O–H groups in total. The average Bonchev–Trinajstić information content (AvgIpc) is 0.917. The van der Waals surface area contributed by atoms with Gasteiger partial charge in [-0.2, -0.15) is 10.1 Å². The molecular weight excluding hydrogens is 1670 g/mol. The molecule has 6 aliphatic rings. The third-order valence-corrected chi connectivity index (χ3v) is 25.5. The molecular formula is C94H133N17O19. The Morgan fingerprint density at radius 3 is 2.26 bits per heavy atom. The molecule has 5 aliphatic heterocycles. The number of nitrogens with two attached hydrogens (primary N) is 3. The number of aliphatic hydroxyl groups is 3. The number of piperidine rings is 1. The summed E-state index contributed by atoms with van der Waals surface area (Å²) in [4.78, 5) is 113. The van der Waals surface area contributed by atoms with Crippen molar-refractivity contribution in [2.45, 2.75) is 212 Å². The van der Waals surface area contributed by atoms with Crippen molar-refractivity contribution < 1.29 is 91.1 Å². The molecule has 9 unspecified atom stereocenters. The molecule has 0 radical (unpaired) electrons. The van der Waals surface area contributed by atoms with Gasteiger partial charge in [-0.15, -0.1) is 5.53 Å². The third kappa shape index (κ3) is 27.2. The van der Waals surface area contributed by atoms with Gasteiger partial charge in [-0.3, -0.25) is 33.9 Å². The summed E-state index contributed by atoms with van der Waals surface area (Å²) in [6, 6.07) is 11.5. The fraction of sp³-hybridized carbons (Fsp3) is 0.596. The second kappa shape index (κ2) is 48.5. The SMILES string of the molecule is COC1C[C@@H]2CC[C@@H](C)[C@@](O)(O2)C(=O)C(=O)N2CCCCC2C(=O)OC([C@H](N)CC2CCC(OCc3cccc(-c4cnc(N5CCN(CC6=CN(CCOCCOCCOCCOCCC(=O)NCCCCn7nc(-c8ccc9oc(N)nc9c8)c8c(N)ncnc87)NN6)CC5)nc4)c3)[C@H](OC)C2)CC(=O)C(C)/C=C(\C)C(O)[C@@H](O)C(=O)C(C)CC(C)/C=C/C=C/C=C/1C. The molecule has 4 aromatic heterocycles. The number of esters is 1. The van der Waals surface area contributed by atoms with Gasteiger partial charge in [0.15, 0.2) is 17.0 Å². The highest BCUT2D eigenvalue weighted by atomic mass is 16.6. The number of nitrogens with zero attached hydrogens (tertiary/aromatic N) is 11. The molecule has 2 amide bonds. The summed E-state index contributed by atoms with van der Waals surface area (Å²) in [7, 11) is 3.20. The molecule has 36 heteroatoms. The van der Waals surface area contributed by atoms with E-state index < -0.39 is 95.4 Å². The summed E-state index contributed by atoms with van der Waals surface area (Å²) in [5.41, 5.74) is 33.7. The van der Waals surface area contributed by atoms with E-state index in [-0.39, 0.29) is 80.4 Å². The molecule has 6 aromatic rings. The zero-order valence-electron chi connectivity index (χ0n) is 76.3. The molecule has 4 fully saturated rings. The number of cyclic esters (lactones) is 1. The monoisotopic (exact) mass is 1800 g/mol. The number of piperazine rings is 1. The van der Waals surface area contributed by atoms with Crippen LogP contribution in [0.2, 0.25) is 0 Å². The molecule has 1 saturated carbocycles. The van der Waals surface area contributed by atoms with Gasteiger partial charge in [0, 0.05) is 139 Å². The van der Waals surface area contributed by atoms with Gasteiger partial charge in [-0.1, -0.05) is 82.4 Å². The second-order valence-electron chi connectivity index (χ2n) is 35.2. The van der Waals surface area contributed by atoms with E-state index >= 15 is 0 Å². The van der Waals surface area contributed by atoms with Gasteiger partial charge in [-0.25, -0.2) is 29.4 Å². The number of aromatic nitrogens is 7. The zero-order chi connectivity index (χ0) is 92.4. The lowest BCUT2D eigenvalue weighted by Crippen LogP contribution is -2.61. The minimum atomic E-state index is -2.50. The van der Waals surface area contributed by atoms with Crippen molar-refractivity contribution in [2.24, 2.45) is 35.3 Å². The molecule has 2 bridgehead atoms. The minimum absolute atomic E-state index is 0.0205. The maximum atomic E-state index is 14.8. The second-order valence-corrected chi connectivity index (χ2v) is 35.2. The smallest absolute Gasteiger partial charge is 0.329 e. The summed E-state index contributed by atoms with van der Waals surface area (Å²) in [6.45, 7) is 19.5. The van der Waals surface area contributed by atoms with Crippen LogP contribution in [0.15, 0.2) is 125 Å². The average molecular weight is 1810 g/mol. The number of methoxy groups -OCH3 is 2. The lowest BCUT2D eigenvalue weighted by molar-refractivity contribution is -0.265. The Kier molecular flexibility index (Phi) is 37.0. The van der Waals surface area contributed by atoms with Gasteiger partial charge in [0.25, 0.3) is 17.7 Å². The normalized spacial score (nSPS) is 27.5. The number of Topliss-reactive ketones (excluding diaryl/α,β-unsaturated/α-hetero) is 3. The Morgan fingerprint density at radius 1 is 0.754 bits per heavy atom. The van der Waals surface area contributed by atoms with Crippen molar-refractivity contribution in [3.05, 3.63) is 126 Å². The van der Waals surface area contributed by atoms with Crippen LogP contribution in [-0.2, 0) is 84.6 Å². The molecule has 2 aromatic carbocycles. The molecule has 12 rings (SSSR count). The maximum absolute atomic E-state index is 14.8. The number of fused-ring (bicyclic) bond motifs is 5. The predicted octanol–water partition coefficient (Wildman–Crippen LogP) is 7.35. The number of oxazole rings is 1. The van der Waals surface area contributed by atoms with E-state index in [0.29, 0.717) is 170 Å². The number of nitrogen functional groups attached to an aromatic ring is 2. The van der Waals surface area contributed by atoms with Crippen LogP contribution in [0.5, 0.6) is 0 Å². The summed E-state index contributed by atoms with van der Waals surface area (Å²) < 4.78 is 61.2. The van der Waals surface area contributed by atoms with Gasteiger partial charge in [0.1, 0.15) is 53.5 Å². The van der Waals surface area contributed by atoms with Crippen molar-refractivity contribution in [1.82, 2.24) is 65.8 Å². The molecule has 708 valence electrons. The minimum Gasteiger partial charge on any atom is -0.459 e. The number of amides is 2. The van der Waals surface area contributed by atoms with Crippen LogP contribution < -0.4 is 38.4 Å². The Morgan fingerprint density at radius 2 is 1.51 bits per heavy atom. The Bertz CT molecular complexity index is 4900. The first kappa shape index (κ1) is 99.1. The van der Waals surface area contributed by atoms with Crippen molar-refractivity contribution in [3.8, 4) is 22.4 Å². The molecule has 130 heavy (non-hydrogen) atoms. The number of carbonyl (C=O) groups excluding carboxylic acids is 6. The topological polar surface area (TPSA) is 469 Å². The van der Waals surface area contributed by atoms with E-state index in [4.69, 9.17) is 79.3 Å². The number of allylic oxidation sites excluding steroid dienone is 6. The van der Waals surface area contributed by atoms with Gasteiger partial charge >= 0.3 is 5.97 Å². The summed E-state index contributed by atoms with van der Waals surface area (Å²) >= 11 is 0. The van der Waals surface area contributed by atoms with Crippen molar-refractivity contribution in [1.29, 1.82) is 0 Å². The van der Waals surface area contributed by atoms with Gasteiger partial charge < -0.3 is 100 Å². The van der Waals surface area contributed by atoms with Crippen LogP contribution in [0.4, 0.5) is 17.8 Å². The van der Waals surface area contributed by atoms with Crippen LogP contribution in [-0.4, -0.2) is 280 Å². The quantitative estimate of drug-likeness (QED) is 0.00841. The number of benzene rings is 2. The predicted molar refractivity (Wildman–Crippen MR) is 486 cm³/mol. The fourth-order valence-electron chi connectivity index (χ4n) is 17.7. The highest BCUT2D eigenvalue weighted by molar-refractivity contribution is 6.39. The fourth-order valence-corrected chi connectivity index (χ4v) is 17.7. The Labute approximate surface area is 759 Å². The Balaban J connectivity index is 0.535. The number of hydrogen-bond acceptors (Lipinski definition) is 33.